The van der Waals surface area contributed by atoms with E-state index in [4.69, 9.17) is 0 Å². The smallest absolute Gasteiger partial charge is 0.0117 e. The summed E-state index contributed by atoms with van der Waals surface area (Å²) in [5.41, 5.74) is 0.542. The summed E-state index contributed by atoms with van der Waals surface area (Å²) in [6.45, 7) is 22.3. The van der Waals surface area contributed by atoms with Gasteiger partial charge in [0.2, 0.25) is 0 Å². The minimum Gasteiger partial charge on any atom is -0.0984 e. The van der Waals surface area contributed by atoms with E-state index < -0.39 is 0 Å². The minimum atomic E-state index is 0.228. The van der Waals surface area contributed by atoms with Gasteiger partial charge < -0.3 is 0 Å². The van der Waals surface area contributed by atoms with Gasteiger partial charge in [0.15, 0.2) is 0 Å². The third-order valence-corrected chi connectivity index (χ3v) is 5.52. The maximum Gasteiger partial charge on any atom is 0.0117 e. The van der Waals surface area contributed by atoms with E-state index in [9.17, 15) is 0 Å². The first-order valence-corrected chi connectivity index (χ1v) is 6.54. The van der Waals surface area contributed by atoms with E-state index in [1.54, 1.807) is 0 Å². The molecular formula is C14H27P. The van der Waals surface area contributed by atoms with Crippen LogP contribution in [0.25, 0.3) is 0 Å². The maximum atomic E-state index is 3.95. The number of rotatable bonds is 2. The molecule has 0 N–H and O–H groups in total. The summed E-state index contributed by atoms with van der Waals surface area (Å²) in [6.07, 6.45) is 2.04. The minimum absolute atomic E-state index is 0.228. The number of allylic oxidation sites excluding steroid dienone is 1. The zero-order valence-corrected chi connectivity index (χ0v) is 12.6. The molecule has 0 bridgehead atoms. The first kappa shape index (κ1) is 14.9. The molecule has 0 fully saturated rings. The third kappa shape index (κ3) is 4.11. The second-order valence-corrected chi connectivity index (χ2v) is 8.58. The Labute approximate surface area is 98.0 Å². The summed E-state index contributed by atoms with van der Waals surface area (Å²) >= 11 is 0. The van der Waals surface area contributed by atoms with Crippen molar-refractivity contribution in [3.05, 3.63) is 12.7 Å². The van der Waals surface area contributed by atoms with Gasteiger partial charge in [-0.25, -0.2) is 0 Å². The molecule has 0 spiro atoms. The van der Waals surface area contributed by atoms with Crippen LogP contribution < -0.4 is 0 Å². The summed E-state index contributed by atoms with van der Waals surface area (Å²) in [5, 5.41) is 1.71. The van der Waals surface area contributed by atoms with Gasteiger partial charge in [-0.3, -0.25) is 0 Å². The van der Waals surface area contributed by atoms with Crippen LogP contribution in [0, 0.1) is 10.8 Å². The van der Waals surface area contributed by atoms with Gasteiger partial charge in [0.05, 0.1) is 0 Å². The van der Waals surface area contributed by atoms with Crippen LogP contribution in [0.5, 0.6) is 0 Å². The van der Waals surface area contributed by atoms with Gasteiger partial charge in [-0.1, -0.05) is 76.2 Å². The predicted octanol–water partition coefficient (Wildman–Crippen LogP) is 5.16. The summed E-state index contributed by atoms with van der Waals surface area (Å²) in [6, 6.07) is 0. The highest BCUT2D eigenvalue weighted by Gasteiger charge is 2.32. The molecule has 0 aromatic carbocycles. The molecule has 0 radical (unpaired) electrons. The van der Waals surface area contributed by atoms with E-state index in [-0.39, 0.29) is 10.6 Å². The topological polar surface area (TPSA) is 0 Å². The highest BCUT2D eigenvalue weighted by atomic mass is 31.1. The Morgan fingerprint density at radius 1 is 0.933 bits per heavy atom. The highest BCUT2D eigenvalue weighted by molar-refractivity contribution is 7.43. The molecule has 15 heavy (non-hydrogen) atoms. The molecule has 0 unspecified atom stereocenters. The SMILES string of the molecule is C=C/C(=P\C(C)(C)C(C)(C)C)C(C)(C)C. The van der Waals surface area contributed by atoms with Crippen molar-refractivity contribution in [2.45, 2.75) is 60.5 Å². The van der Waals surface area contributed by atoms with Crippen molar-refractivity contribution in [1.29, 1.82) is 0 Å². The monoisotopic (exact) mass is 226 g/mol. The van der Waals surface area contributed by atoms with Crippen LogP contribution in [0.15, 0.2) is 12.7 Å². The Morgan fingerprint density at radius 3 is 1.53 bits per heavy atom. The molecule has 0 atom stereocenters. The Bertz CT molecular complexity index is 256. The molecule has 0 heterocycles. The van der Waals surface area contributed by atoms with Crippen molar-refractivity contribution >= 4 is 13.5 Å². The standard InChI is InChI=1S/C14H27P/c1-10-11(12(2,3)4)15-14(8,9)13(5,6)7/h10H,1H2,2-9H3. The van der Waals surface area contributed by atoms with Crippen molar-refractivity contribution in [3.8, 4) is 0 Å². The van der Waals surface area contributed by atoms with Crippen LogP contribution in [-0.2, 0) is 0 Å². The molecule has 0 amide bonds. The lowest BCUT2D eigenvalue weighted by Gasteiger charge is -2.37. The molecule has 0 aromatic rings. The first-order valence-electron chi connectivity index (χ1n) is 5.64. The largest absolute Gasteiger partial charge is 0.0984 e. The molecule has 0 aliphatic heterocycles. The summed E-state index contributed by atoms with van der Waals surface area (Å²) < 4.78 is 0. The van der Waals surface area contributed by atoms with Crippen LogP contribution in [0.2, 0.25) is 0 Å². The zero-order valence-electron chi connectivity index (χ0n) is 11.7. The van der Waals surface area contributed by atoms with Gasteiger partial charge >= 0.3 is 0 Å². The van der Waals surface area contributed by atoms with Gasteiger partial charge in [-0.15, -0.1) is 0 Å². The van der Waals surface area contributed by atoms with Crippen molar-refractivity contribution in [2.75, 3.05) is 0 Å². The number of hydrogen-bond acceptors (Lipinski definition) is 0. The molecule has 0 aliphatic carbocycles. The molecule has 0 saturated heterocycles. The average Bonchev–Trinajstić information content (AvgIpc) is 1.95. The van der Waals surface area contributed by atoms with Crippen LogP contribution >= 0.6 is 8.20 Å². The van der Waals surface area contributed by atoms with Crippen molar-refractivity contribution in [1.82, 2.24) is 0 Å². The lowest BCUT2D eigenvalue weighted by Crippen LogP contribution is -2.32. The fourth-order valence-corrected chi connectivity index (χ4v) is 2.35. The van der Waals surface area contributed by atoms with E-state index in [1.165, 1.54) is 13.5 Å². The molecular weight excluding hydrogens is 199 g/mol. The van der Waals surface area contributed by atoms with Crippen molar-refractivity contribution < 1.29 is 0 Å². The molecule has 0 aliphatic rings. The average molecular weight is 226 g/mol. The fourth-order valence-electron chi connectivity index (χ4n) is 0.988. The van der Waals surface area contributed by atoms with Crippen LogP contribution in [-0.4, -0.2) is 10.4 Å². The Hall–Kier alpha value is -0.0900. The third-order valence-electron chi connectivity index (χ3n) is 3.20. The Balaban J connectivity index is 5.27. The fraction of sp³-hybridized carbons (Fsp3) is 0.786. The highest BCUT2D eigenvalue weighted by Crippen LogP contribution is 2.43. The van der Waals surface area contributed by atoms with E-state index >= 15 is 0 Å². The lowest BCUT2D eigenvalue weighted by atomic mass is 9.82. The quantitative estimate of drug-likeness (QED) is 0.570. The van der Waals surface area contributed by atoms with E-state index in [0.29, 0.717) is 5.41 Å². The van der Waals surface area contributed by atoms with Gasteiger partial charge in [0.25, 0.3) is 0 Å². The molecule has 1 heteroatoms. The van der Waals surface area contributed by atoms with Gasteiger partial charge in [-0.2, -0.15) is 0 Å². The second kappa shape index (κ2) is 4.42. The molecule has 88 valence electrons. The van der Waals surface area contributed by atoms with Gasteiger partial charge in [0, 0.05) is 5.16 Å². The first-order chi connectivity index (χ1) is 6.42. The van der Waals surface area contributed by atoms with Gasteiger partial charge in [-0.05, 0) is 16.1 Å². The normalized spacial score (nSPS) is 15.3. The van der Waals surface area contributed by atoms with Crippen LogP contribution in [0.1, 0.15) is 55.4 Å². The van der Waals surface area contributed by atoms with Gasteiger partial charge in [0.1, 0.15) is 0 Å². The van der Waals surface area contributed by atoms with Crippen LogP contribution in [0.4, 0.5) is 0 Å². The van der Waals surface area contributed by atoms with Crippen LogP contribution in [0.3, 0.4) is 0 Å². The molecule has 0 nitrogen and oxygen atoms in total. The van der Waals surface area contributed by atoms with E-state index in [1.807, 2.05) is 6.08 Å². The summed E-state index contributed by atoms with van der Waals surface area (Å²) in [4.78, 5) is 0. The van der Waals surface area contributed by atoms with Crippen molar-refractivity contribution in [3.63, 3.8) is 0 Å². The molecule has 0 rings (SSSR count). The summed E-state index contributed by atoms with van der Waals surface area (Å²) in [7, 11) is 1.41. The molecule has 0 saturated carbocycles. The van der Waals surface area contributed by atoms with E-state index in [2.05, 4.69) is 62.0 Å². The zero-order chi connectivity index (χ0) is 12.5. The number of hydrogen-bond donors (Lipinski definition) is 0. The maximum absolute atomic E-state index is 3.95. The lowest BCUT2D eigenvalue weighted by molar-refractivity contribution is 0.318. The Kier molecular flexibility index (Phi) is 4.39. The summed E-state index contributed by atoms with van der Waals surface area (Å²) in [5.74, 6) is 0. The Morgan fingerprint density at radius 2 is 1.33 bits per heavy atom. The second-order valence-electron chi connectivity index (χ2n) is 6.76. The van der Waals surface area contributed by atoms with E-state index in [0.717, 1.165) is 0 Å². The van der Waals surface area contributed by atoms with Crippen molar-refractivity contribution in [2.24, 2.45) is 10.8 Å². The predicted molar refractivity (Wildman–Crippen MR) is 75.1 cm³/mol. The molecule has 0 aromatic heterocycles.